The van der Waals surface area contributed by atoms with Gasteiger partial charge in [0.25, 0.3) is 0 Å². The first kappa shape index (κ1) is 13.4. The predicted molar refractivity (Wildman–Crippen MR) is 74.3 cm³/mol. The monoisotopic (exact) mass is 248 g/mol. The minimum atomic E-state index is 0.250. The van der Waals surface area contributed by atoms with Crippen molar-refractivity contribution in [3.05, 3.63) is 29.8 Å². The molecule has 0 aromatic heterocycles. The molecular weight excluding hydrogens is 224 g/mol. The van der Waals surface area contributed by atoms with E-state index in [1.807, 2.05) is 12.1 Å². The lowest BCUT2D eigenvalue weighted by molar-refractivity contribution is 0.261. The summed E-state index contributed by atoms with van der Waals surface area (Å²) in [6, 6.07) is 8.54. The fraction of sp³-hybridized carbons (Fsp3) is 0.600. The number of benzene rings is 1. The van der Waals surface area contributed by atoms with Crippen LogP contribution >= 0.6 is 0 Å². The van der Waals surface area contributed by atoms with Crippen LogP contribution in [0.15, 0.2) is 24.3 Å². The molecular formula is C15H24N2O. The molecule has 1 atom stereocenters. The summed E-state index contributed by atoms with van der Waals surface area (Å²) < 4.78 is 5.67. The lowest BCUT2D eigenvalue weighted by atomic mass is 9.80. The molecule has 1 aliphatic carbocycles. The van der Waals surface area contributed by atoms with Gasteiger partial charge in [0.2, 0.25) is 0 Å². The van der Waals surface area contributed by atoms with Crippen LogP contribution in [0, 0.1) is 5.92 Å². The molecule has 3 nitrogen and oxygen atoms in total. The van der Waals surface area contributed by atoms with Crippen molar-refractivity contribution in [2.75, 3.05) is 6.61 Å². The second kappa shape index (κ2) is 6.76. The summed E-state index contributed by atoms with van der Waals surface area (Å²) in [5.41, 5.74) is 4.18. The number of hydrogen-bond donors (Lipinski definition) is 2. The van der Waals surface area contributed by atoms with Gasteiger partial charge in [-0.15, -0.1) is 0 Å². The first-order valence-electron chi connectivity index (χ1n) is 7.02. The average molecular weight is 248 g/mol. The van der Waals surface area contributed by atoms with Gasteiger partial charge in [0.15, 0.2) is 0 Å². The van der Waals surface area contributed by atoms with Gasteiger partial charge in [0.05, 0.1) is 6.61 Å². The Balaban J connectivity index is 1.99. The van der Waals surface area contributed by atoms with Crippen LogP contribution in [0.3, 0.4) is 0 Å². The van der Waals surface area contributed by atoms with E-state index < -0.39 is 0 Å². The quantitative estimate of drug-likeness (QED) is 0.575. The van der Waals surface area contributed by atoms with E-state index in [1.54, 1.807) is 0 Å². The third kappa shape index (κ3) is 3.47. The molecule has 0 spiro atoms. The van der Waals surface area contributed by atoms with Crippen molar-refractivity contribution in [1.82, 2.24) is 5.43 Å². The molecule has 0 amide bonds. The summed E-state index contributed by atoms with van der Waals surface area (Å²) in [6.07, 6.45) is 6.24. The van der Waals surface area contributed by atoms with Crippen molar-refractivity contribution >= 4 is 0 Å². The van der Waals surface area contributed by atoms with Crippen LogP contribution in [0.4, 0.5) is 0 Å². The highest BCUT2D eigenvalue weighted by atomic mass is 16.5. The number of nitrogens with one attached hydrogen (secondary N) is 1. The van der Waals surface area contributed by atoms with E-state index in [2.05, 4.69) is 24.5 Å². The van der Waals surface area contributed by atoms with Crippen molar-refractivity contribution in [3.63, 3.8) is 0 Å². The standard InChI is InChI=1S/C15H24N2O/c1-2-9-18-14-8-4-7-13(11-14)15(17-16)10-12-5-3-6-12/h4,7-8,11-12,15,17H,2-3,5-6,9-10,16H2,1H3. The van der Waals surface area contributed by atoms with Crippen LogP contribution in [0.5, 0.6) is 5.75 Å². The van der Waals surface area contributed by atoms with Crippen molar-refractivity contribution < 1.29 is 4.74 Å². The number of nitrogens with two attached hydrogens (primary N) is 1. The maximum absolute atomic E-state index is 5.69. The smallest absolute Gasteiger partial charge is 0.119 e. The van der Waals surface area contributed by atoms with Gasteiger partial charge in [0, 0.05) is 6.04 Å². The molecule has 3 N–H and O–H groups in total. The van der Waals surface area contributed by atoms with E-state index in [9.17, 15) is 0 Å². The molecule has 0 bridgehead atoms. The first-order valence-corrected chi connectivity index (χ1v) is 7.02. The Hall–Kier alpha value is -1.06. The van der Waals surface area contributed by atoms with Gasteiger partial charge in [-0.05, 0) is 36.5 Å². The van der Waals surface area contributed by atoms with Crippen LogP contribution in [-0.4, -0.2) is 6.61 Å². The van der Waals surface area contributed by atoms with E-state index in [0.29, 0.717) is 0 Å². The van der Waals surface area contributed by atoms with Gasteiger partial charge in [-0.1, -0.05) is 38.3 Å². The van der Waals surface area contributed by atoms with Gasteiger partial charge in [-0.3, -0.25) is 11.3 Å². The Labute approximate surface area is 110 Å². The Bertz CT molecular complexity index is 363. The zero-order valence-electron chi connectivity index (χ0n) is 11.2. The summed E-state index contributed by atoms with van der Waals surface area (Å²) in [6.45, 7) is 2.89. The topological polar surface area (TPSA) is 47.3 Å². The lowest BCUT2D eigenvalue weighted by Gasteiger charge is -2.29. The molecule has 1 unspecified atom stereocenters. The van der Waals surface area contributed by atoms with E-state index in [0.717, 1.165) is 31.1 Å². The normalized spacial score (nSPS) is 17.2. The molecule has 1 saturated carbocycles. The Morgan fingerprint density at radius 2 is 2.28 bits per heavy atom. The van der Waals surface area contributed by atoms with Gasteiger partial charge in [-0.2, -0.15) is 0 Å². The third-order valence-electron chi connectivity index (χ3n) is 3.73. The van der Waals surface area contributed by atoms with E-state index in [-0.39, 0.29) is 6.04 Å². The molecule has 1 aliphatic rings. The molecule has 1 fully saturated rings. The fourth-order valence-corrected chi connectivity index (χ4v) is 2.40. The number of hydrogen-bond acceptors (Lipinski definition) is 3. The first-order chi connectivity index (χ1) is 8.83. The number of ether oxygens (including phenoxy) is 1. The summed E-state index contributed by atoms with van der Waals surface area (Å²) in [4.78, 5) is 0. The van der Waals surface area contributed by atoms with Crippen LogP contribution < -0.4 is 16.0 Å². The summed E-state index contributed by atoms with van der Waals surface area (Å²) >= 11 is 0. The van der Waals surface area contributed by atoms with Gasteiger partial charge < -0.3 is 4.74 Å². The molecule has 18 heavy (non-hydrogen) atoms. The molecule has 1 aromatic rings. The molecule has 0 heterocycles. The highest BCUT2D eigenvalue weighted by Crippen LogP contribution is 2.35. The molecule has 3 heteroatoms. The Morgan fingerprint density at radius 1 is 1.44 bits per heavy atom. The van der Waals surface area contributed by atoms with E-state index >= 15 is 0 Å². The molecule has 0 radical (unpaired) electrons. The zero-order chi connectivity index (χ0) is 12.8. The van der Waals surface area contributed by atoms with E-state index in [1.165, 1.54) is 24.8 Å². The van der Waals surface area contributed by atoms with Crippen LogP contribution in [0.1, 0.15) is 50.6 Å². The average Bonchev–Trinajstić information content (AvgIpc) is 2.36. The maximum atomic E-state index is 5.69. The van der Waals surface area contributed by atoms with Crippen LogP contribution in [0.25, 0.3) is 0 Å². The minimum absolute atomic E-state index is 0.250. The minimum Gasteiger partial charge on any atom is -0.494 e. The molecule has 2 rings (SSSR count). The number of rotatable bonds is 7. The number of hydrazine groups is 1. The summed E-state index contributed by atoms with van der Waals surface area (Å²) in [5.74, 6) is 7.48. The van der Waals surface area contributed by atoms with Crippen molar-refractivity contribution in [2.24, 2.45) is 11.8 Å². The highest BCUT2D eigenvalue weighted by molar-refractivity contribution is 5.30. The predicted octanol–water partition coefficient (Wildman–Crippen LogP) is 3.17. The zero-order valence-corrected chi connectivity index (χ0v) is 11.2. The van der Waals surface area contributed by atoms with Gasteiger partial charge >= 0.3 is 0 Å². The van der Waals surface area contributed by atoms with Gasteiger partial charge in [-0.25, -0.2) is 0 Å². The van der Waals surface area contributed by atoms with Crippen molar-refractivity contribution in [3.8, 4) is 5.75 Å². The van der Waals surface area contributed by atoms with Crippen LogP contribution in [-0.2, 0) is 0 Å². The Kier molecular flexibility index (Phi) is 5.02. The molecule has 0 saturated heterocycles. The van der Waals surface area contributed by atoms with E-state index in [4.69, 9.17) is 10.6 Å². The van der Waals surface area contributed by atoms with Gasteiger partial charge in [0.1, 0.15) is 5.75 Å². The summed E-state index contributed by atoms with van der Waals surface area (Å²) in [5, 5.41) is 0. The lowest BCUT2D eigenvalue weighted by Crippen LogP contribution is -2.31. The second-order valence-corrected chi connectivity index (χ2v) is 5.17. The highest BCUT2D eigenvalue weighted by Gasteiger charge is 2.22. The van der Waals surface area contributed by atoms with Crippen molar-refractivity contribution in [2.45, 2.75) is 45.1 Å². The maximum Gasteiger partial charge on any atom is 0.119 e. The summed E-state index contributed by atoms with van der Waals surface area (Å²) in [7, 11) is 0. The Morgan fingerprint density at radius 3 is 2.89 bits per heavy atom. The largest absolute Gasteiger partial charge is 0.494 e. The van der Waals surface area contributed by atoms with Crippen molar-refractivity contribution in [1.29, 1.82) is 0 Å². The fourth-order valence-electron chi connectivity index (χ4n) is 2.40. The van der Waals surface area contributed by atoms with Crippen LogP contribution in [0.2, 0.25) is 0 Å². The molecule has 0 aliphatic heterocycles. The second-order valence-electron chi connectivity index (χ2n) is 5.17. The third-order valence-corrected chi connectivity index (χ3v) is 3.73. The molecule has 1 aromatic carbocycles. The molecule has 100 valence electrons. The SMILES string of the molecule is CCCOc1cccc(C(CC2CCC2)NN)c1.